The van der Waals surface area contributed by atoms with E-state index in [4.69, 9.17) is 0 Å². The zero-order valence-corrected chi connectivity index (χ0v) is 8.19. The molecule has 5 heteroatoms. The van der Waals surface area contributed by atoms with E-state index in [1.165, 1.54) is 6.20 Å². The highest BCUT2D eigenvalue weighted by atomic mass is 16.1. The first-order valence-electron chi connectivity index (χ1n) is 4.49. The molecule has 0 unspecified atom stereocenters. The van der Waals surface area contributed by atoms with E-state index < -0.39 is 0 Å². The first-order valence-corrected chi connectivity index (χ1v) is 4.49. The van der Waals surface area contributed by atoms with E-state index in [1.807, 2.05) is 0 Å². The Morgan fingerprint density at radius 3 is 2.93 bits per heavy atom. The Hall–Kier alpha value is -2.17. The van der Waals surface area contributed by atoms with Crippen molar-refractivity contribution in [3.05, 3.63) is 42.0 Å². The largest absolute Gasteiger partial charge is 0.320 e. The van der Waals surface area contributed by atoms with Gasteiger partial charge in [-0.2, -0.15) is 5.10 Å². The average molecular weight is 202 g/mol. The van der Waals surface area contributed by atoms with Gasteiger partial charge in [0, 0.05) is 11.9 Å². The SMILES string of the molecule is Cc1[nH]ncc1C(=O)Nc1cccnc1. The number of aromatic nitrogens is 3. The number of anilines is 1. The summed E-state index contributed by atoms with van der Waals surface area (Å²) >= 11 is 0. The fourth-order valence-electron chi connectivity index (χ4n) is 1.21. The molecule has 15 heavy (non-hydrogen) atoms. The van der Waals surface area contributed by atoms with Gasteiger partial charge in [0.05, 0.1) is 23.6 Å². The van der Waals surface area contributed by atoms with Crippen molar-refractivity contribution in [2.45, 2.75) is 6.92 Å². The molecule has 0 aliphatic carbocycles. The zero-order chi connectivity index (χ0) is 10.7. The minimum Gasteiger partial charge on any atom is -0.320 e. The number of carbonyl (C=O) groups is 1. The zero-order valence-electron chi connectivity index (χ0n) is 8.19. The summed E-state index contributed by atoms with van der Waals surface area (Å²) in [6.07, 6.45) is 4.74. The number of H-pyrrole nitrogens is 1. The lowest BCUT2D eigenvalue weighted by Gasteiger charge is -2.02. The second-order valence-electron chi connectivity index (χ2n) is 3.10. The van der Waals surface area contributed by atoms with Crippen LogP contribution >= 0.6 is 0 Å². The van der Waals surface area contributed by atoms with Crippen LogP contribution in [0.2, 0.25) is 0 Å². The molecule has 0 aromatic carbocycles. The molecule has 2 rings (SSSR count). The maximum Gasteiger partial charge on any atom is 0.259 e. The van der Waals surface area contributed by atoms with Crippen LogP contribution in [0.4, 0.5) is 5.69 Å². The minimum atomic E-state index is -0.186. The van der Waals surface area contributed by atoms with Crippen molar-refractivity contribution in [2.24, 2.45) is 0 Å². The fraction of sp³-hybridized carbons (Fsp3) is 0.100. The standard InChI is InChI=1S/C10H10N4O/c1-7-9(6-12-14-7)10(15)13-8-3-2-4-11-5-8/h2-6H,1H3,(H,12,14)(H,13,15). The van der Waals surface area contributed by atoms with Crippen molar-refractivity contribution >= 4 is 11.6 Å². The summed E-state index contributed by atoms with van der Waals surface area (Å²) < 4.78 is 0. The average Bonchev–Trinajstić information content (AvgIpc) is 2.66. The molecule has 0 fully saturated rings. The normalized spacial score (nSPS) is 9.93. The Morgan fingerprint density at radius 1 is 1.47 bits per heavy atom. The van der Waals surface area contributed by atoms with Gasteiger partial charge in [-0.3, -0.25) is 14.9 Å². The van der Waals surface area contributed by atoms with Crippen LogP contribution in [-0.2, 0) is 0 Å². The number of carbonyl (C=O) groups excluding carboxylic acids is 1. The van der Waals surface area contributed by atoms with Gasteiger partial charge in [0.2, 0.25) is 0 Å². The van der Waals surface area contributed by atoms with Gasteiger partial charge >= 0.3 is 0 Å². The van der Waals surface area contributed by atoms with Crippen LogP contribution in [0.5, 0.6) is 0 Å². The van der Waals surface area contributed by atoms with Crippen LogP contribution in [0.1, 0.15) is 16.1 Å². The molecule has 0 radical (unpaired) electrons. The highest BCUT2D eigenvalue weighted by Crippen LogP contribution is 2.08. The van der Waals surface area contributed by atoms with Gasteiger partial charge < -0.3 is 5.32 Å². The lowest BCUT2D eigenvalue weighted by atomic mass is 10.2. The maximum absolute atomic E-state index is 11.7. The Bertz CT molecular complexity index is 463. The highest BCUT2D eigenvalue weighted by molar-refractivity contribution is 6.04. The van der Waals surface area contributed by atoms with E-state index in [9.17, 15) is 4.79 Å². The minimum absolute atomic E-state index is 0.186. The molecule has 1 amide bonds. The Kier molecular flexibility index (Phi) is 2.45. The molecule has 0 aliphatic heterocycles. The molecule has 2 aromatic heterocycles. The van der Waals surface area contributed by atoms with Crippen LogP contribution < -0.4 is 5.32 Å². The number of aromatic amines is 1. The number of hydrogen-bond acceptors (Lipinski definition) is 3. The predicted molar refractivity (Wildman–Crippen MR) is 55.5 cm³/mol. The van der Waals surface area contributed by atoms with Crippen molar-refractivity contribution in [1.29, 1.82) is 0 Å². The van der Waals surface area contributed by atoms with Crippen LogP contribution in [-0.4, -0.2) is 21.1 Å². The number of aryl methyl sites for hydroxylation is 1. The first kappa shape index (κ1) is 9.39. The van der Waals surface area contributed by atoms with Gasteiger partial charge in [-0.25, -0.2) is 0 Å². The summed E-state index contributed by atoms with van der Waals surface area (Å²) in [5.41, 5.74) is 1.96. The number of nitrogens with one attached hydrogen (secondary N) is 2. The third kappa shape index (κ3) is 2.01. The molecule has 0 spiro atoms. The lowest BCUT2D eigenvalue weighted by molar-refractivity contribution is 0.102. The topological polar surface area (TPSA) is 70.7 Å². The number of nitrogens with zero attached hydrogens (tertiary/aromatic N) is 2. The van der Waals surface area contributed by atoms with Gasteiger partial charge in [-0.15, -0.1) is 0 Å². The monoisotopic (exact) mass is 202 g/mol. The molecule has 2 N–H and O–H groups in total. The Labute approximate surface area is 86.5 Å². The van der Waals surface area contributed by atoms with Crippen LogP contribution in [0.25, 0.3) is 0 Å². The molecule has 0 atom stereocenters. The summed E-state index contributed by atoms with van der Waals surface area (Å²) in [4.78, 5) is 15.6. The fourth-order valence-corrected chi connectivity index (χ4v) is 1.21. The van der Waals surface area contributed by atoms with Gasteiger partial charge in [0.25, 0.3) is 5.91 Å². The number of rotatable bonds is 2. The van der Waals surface area contributed by atoms with Gasteiger partial charge in [-0.05, 0) is 19.1 Å². The highest BCUT2D eigenvalue weighted by Gasteiger charge is 2.10. The molecule has 0 saturated heterocycles. The smallest absolute Gasteiger partial charge is 0.259 e. The first-order chi connectivity index (χ1) is 7.27. The summed E-state index contributed by atoms with van der Waals surface area (Å²) in [6, 6.07) is 3.54. The number of pyridine rings is 1. The third-order valence-electron chi connectivity index (χ3n) is 1.99. The molecular weight excluding hydrogens is 192 g/mol. The van der Waals surface area contributed by atoms with Gasteiger partial charge in [0.15, 0.2) is 0 Å². The van der Waals surface area contributed by atoms with E-state index in [2.05, 4.69) is 20.5 Å². The quantitative estimate of drug-likeness (QED) is 0.772. The van der Waals surface area contributed by atoms with Crippen molar-refractivity contribution in [3.63, 3.8) is 0 Å². The van der Waals surface area contributed by atoms with Gasteiger partial charge in [-0.1, -0.05) is 0 Å². The Morgan fingerprint density at radius 2 is 2.33 bits per heavy atom. The van der Waals surface area contributed by atoms with Crippen LogP contribution in [0.3, 0.4) is 0 Å². The Balaban J connectivity index is 2.15. The van der Waals surface area contributed by atoms with Crippen molar-refractivity contribution in [2.75, 3.05) is 5.32 Å². The van der Waals surface area contributed by atoms with Gasteiger partial charge in [0.1, 0.15) is 0 Å². The summed E-state index contributed by atoms with van der Waals surface area (Å²) in [5.74, 6) is -0.186. The van der Waals surface area contributed by atoms with E-state index >= 15 is 0 Å². The molecular formula is C10H10N4O. The van der Waals surface area contributed by atoms with Crippen molar-refractivity contribution < 1.29 is 4.79 Å². The van der Waals surface area contributed by atoms with E-state index in [1.54, 1.807) is 31.5 Å². The summed E-state index contributed by atoms with van der Waals surface area (Å²) in [7, 11) is 0. The molecule has 0 saturated carbocycles. The second kappa shape index (κ2) is 3.91. The van der Waals surface area contributed by atoms with Crippen LogP contribution in [0, 0.1) is 6.92 Å². The summed E-state index contributed by atoms with van der Waals surface area (Å²) in [6.45, 7) is 1.80. The third-order valence-corrected chi connectivity index (χ3v) is 1.99. The predicted octanol–water partition coefficient (Wildman–Crippen LogP) is 1.37. The number of amides is 1. The van der Waals surface area contributed by atoms with Crippen LogP contribution in [0.15, 0.2) is 30.7 Å². The molecule has 0 bridgehead atoms. The molecule has 76 valence electrons. The number of hydrogen-bond donors (Lipinski definition) is 2. The van der Waals surface area contributed by atoms with Crippen molar-refractivity contribution in [1.82, 2.24) is 15.2 Å². The second-order valence-corrected chi connectivity index (χ2v) is 3.10. The van der Waals surface area contributed by atoms with E-state index in [0.29, 0.717) is 11.3 Å². The molecule has 2 aromatic rings. The molecule has 2 heterocycles. The molecule has 0 aliphatic rings. The van der Waals surface area contributed by atoms with E-state index in [-0.39, 0.29) is 5.91 Å². The maximum atomic E-state index is 11.7. The van der Waals surface area contributed by atoms with Crippen molar-refractivity contribution in [3.8, 4) is 0 Å². The lowest BCUT2D eigenvalue weighted by Crippen LogP contribution is -2.12. The van der Waals surface area contributed by atoms with E-state index in [0.717, 1.165) is 5.69 Å². The molecule has 5 nitrogen and oxygen atoms in total. The summed E-state index contributed by atoms with van der Waals surface area (Å²) in [5, 5.41) is 9.22.